The van der Waals surface area contributed by atoms with E-state index in [1.165, 1.54) is 50.3 Å². The van der Waals surface area contributed by atoms with Gasteiger partial charge in [-0.15, -0.1) is 0 Å². The third-order valence-electron chi connectivity index (χ3n) is 4.56. The van der Waals surface area contributed by atoms with E-state index in [4.69, 9.17) is 17.3 Å². The van der Waals surface area contributed by atoms with Crippen LogP contribution < -0.4 is 16.4 Å². The Kier molecular flexibility index (Phi) is 7.31. The Balaban J connectivity index is 1.75. The van der Waals surface area contributed by atoms with Crippen molar-refractivity contribution < 1.29 is 9.18 Å². The van der Waals surface area contributed by atoms with E-state index in [2.05, 4.69) is 10.6 Å². The second-order valence-electron chi connectivity index (χ2n) is 6.76. The summed E-state index contributed by atoms with van der Waals surface area (Å²) in [6.45, 7) is 2.33. The van der Waals surface area contributed by atoms with Gasteiger partial charge in [0.1, 0.15) is 5.82 Å². The molecule has 1 saturated carbocycles. The van der Waals surface area contributed by atoms with Crippen LogP contribution in [0, 0.1) is 11.7 Å². The Morgan fingerprint density at radius 1 is 1.38 bits per heavy atom. The van der Waals surface area contributed by atoms with Crippen LogP contribution in [0.3, 0.4) is 0 Å². The number of amides is 1. The average molecular weight is 356 g/mol. The second-order valence-corrected chi connectivity index (χ2v) is 7.17. The fourth-order valence-corrected chi connectivity index (χ4v) is 3.37. The number of hydrogen-bond acceptors (Lipinski definition) is 3. The minimum Gasteiger partial charge on any atom is -0.382 e. The number of nitrogens with one attached hydrogen (secondary N) is 2. The molecular weight excluding hydrogens is 329 g/mol. The third-order valence-corrected chi connectivity index (χ3v) is 4.89. The van der Waals surface area contributed by atoms with Crippen molar-refractivity contribution in [2.45, 2.75) is 57.5 Å². The number of benzene rings is 1. The molecule has 4 N–H and O–H groups in total. The fourth-order valence-electron chi connectivity index (χ4n) is 3.19. The van der Waals surface area contributed by atoms with Gasteiger partial charge >= 0.3 is 0 Å². The number of rotatable bonds is 7. The second kappa shape index (κ2) is 9.23. The normalized spacial score (nSPS) is 18.0. The zero-order valence-electron chi connectivity index (χ0n) is 14.2. The molecule has 1 amide bonds. The van der Waals surface area contributed by atoms with Crippen LogP contribution in [-0.2, 0) is 4.79 Å². The molecule has 0 radical (unpaired) electrons. The molecule has 0 unspecified atom stereocenters. The summed E-state index contributed by atoms with van der Waals surface area (Å²) in [5, 5.41) is 6.41. The standard InChI is InChI=1S/C18H27ClFN3O/c1-12(11-22-17-10-14(20)7-8-15(17)19)23-18(24)16(21)9-13-5-3-2-4-6-13/h7-8,10,12-13,16,22H,2-6,9,11,21H2,1H3,(H,23,24)/t12-,16-/m0/s1. The summed E-state index contributed by atoms with van der Waals surface area (Å²) in [6, 6.07) is 3.56. The molecule has 0 aromatic heterocycles. The molecule has 24 heavy (non-hydrogen) atoms. The van der Waals surface area contributed by atoms with Crippen molar-refractivity contribution in [3.05, 3.63) is 29.0 Å². The molecule has 1 aromatic rings. The SMILES string of the molecule is C[C@@H](CNc1cc(F)ccc1Cl)NC(=O)[C@@H](N)CC1CCCCC1. The van der Waals surface area contributed by atoms with E-state index in [0.29, 0.717) is 23.2 Å². The molecule has 1 aliphatic carbocycles. The number of carbonyl (C=O) groups excluding carboxylic acids is 1. The Morgan fingerprint density at radius 2 is 2.08 bits per heavy atom. The van der Waals surface area contributed by atoms with Crippen molar-refractivity contribution in [3.8, 4) is 0 Å². The summed E-state index contributed by atoms with van der Waals surface area (Å²) in [7, 11) is 0. The maximum atomic E-state index is 13.2. The van der Waals surface area contributed by atoms with Gasteiger partial charge in [0, 0.05) is 12.6 Å². The summed E-state index contributed by atoms with van der Waals surface area (Å²) >= 11 is 6.01. The molecule has 4 nitrogen and oxygen atoms in total. The molecule has 1 aliphatic rings. The number of halogens is 2. The average Bonchev–Trinajstić information content (AvgIpc) is 2.56. The lowest BCUT2D eigenvalue weighted by atomic mass is 9.85. The summed E-state index contributed by atoms with van der Waals surface area (Å²) in [5.41, 5.74) is 6.56. The smallest absolute Gasteiger partial charge is 0.237 e. The van der Waals surface area contributed by atoms with Gasteiger partial charge in [-0.05, 0) is 37.5 Å². The number of nitrogens with two attached hydrogens (primary N) is 1. The highest BCUT2D eigenvalue weighted by molar-refractivity contribution is 6.33. The summed E-state index contributed by atoms with van der Waals surface area (Å²) in [4.78, 5) is 12.2. The predicted octanol–water partition coefficient (Wildman–Crippen LogP) is 3.69. The Hall–Kier alpha value is -1.33. The van der Waals surface area contributed by atoms with E-state index in [1.54, 1.807) is 0 Å². The first-order valence-corrected chi connectivity index (χ1v) is 9.08. The highest BCUT2D eigenvalue weighted by Gasteiger charge is 2.22. The number of hydrogen-bond donors (Lipinski definition) is 3. The highest BCUT2D eigenvalue weighted by atomic mass is 35.5. The quantitative estimate of drug-likeness (QED) is 0.698. The maximum Gasteiger partial charge on any atom is 0.237 e. The topological polar surface area (TPSA) is 67.1 Å². The Morgan fingerprint density at radius 3 is 2.79 bits per heavy atom. The molecule has 0 aliphatic heterocycles. The van der Waals surface area contributed by atoms with Crippen molar-refractivity contribution in [2.75, 3.05) is 11.9 Å². The third kappa shape index (κ3) is 5.95. The monoisotopic (exact) mass is 355 g/mol. The lowest BCUT2D eigenvalue weighted by molar-refractivity contribution is -0.123. The lowest BCUT2D eigenvalue weighted by Gasteiger charge is -2.25. The number of anilines is 1. The predicted molar refractivity (Wildman–Crippen MR) is 96.7 cm³/mol. The largest absolute Gasteiger partial charge is 0.382 e. The van der Waals surface area contributed by atoms with Crippen LogP contribution in [0.15, 0.2) is 18.2 Å². The molecular formula is C18H27ClFN3O. The molecule has 6 heteroatoms. The van der Waals surface area contributed by atoms with Crippen LogP contribution >= 0.6 is 11.6 Å². The van der Waals surface area contributed by atoms with Crippen molar-refractivity contribution >= 4 is 23.2 Å². The van der Waals surface area contributed by atoms with Crippen molar-refractivity contribution in [2.24, 2.45) is 11.7 Å². The van der Waals surface area contributed by atoms with Gasteiger partial charge in [0.25, 0.3) is 0 Å². The van der Waals surface area contributed by atoms with Crippen LogP contribution in [0.2, 0.25) is 5.02 Å². The molecule has 2 rings (SSSR count). The summed E-state index contributed by atoms with van der Waals surface area (Å²) in [5.74, 6) is 0.0901. The first kappa shape index (κ1) is 19.0. The van der Waals surface area contributed by atoms with Crippen molar-refractivity contribution in [3.63, 3.8) is 0 Å². The first-order chi connectivity index (χ1) is 11.5. The molecule has 134 valence electrons. The van der Waals surface area contributed by atoms with E-state index in [-0.39, 0.29) is 17.8 Å². The van der Waals surface area contributed by atoms with E-state index < -0.39 is 6.04 Å². The Labute approximate surface area is 148 Å². The van der Waals surface area contributed by atoms with E-state index in [9.17, 15) is 9.18 Å². The molecule has 0 heterocycles. The van der Waals surface area contributed by atoms with Gasteiger partial charge in [0.2, 0.25) is 5.91 Å². The minimum absolute atomic E-state index is 0.125. The maximum absolute atomic E-state index is 13.2. The molecule has 1 aromatic carbocycles. The summed E-state index contributed by atoms with van der Waals surface area (Å²) in [6.07, 6.45) is 6.89. The zero-order chi connectivity index (χ0) is 17.5. The first-order valence-electron chi connectivity index (χ1n) is 8.70. The van der Waals surface area contributed by atoms with Gasteiger partial charge in [-0.25, -0.2) is 4.39 Å². The minimum atomic E-state index is -0.465. The van der Waals surface area contributed by atoms with Gasteiger partial charge in [-0.3, -0.25) is 4.79 Å². The van der Waals surface area contributed by atoms with Gasteiger partial charge in [0.15, 0.2) is 0 Å². The van der Waals surface area contributed by atoms with E-state index in [1.807, 2.05) is 6.92 Å². The molecule has 0 bridgehead atoms. The van der Waals surface area contributed by atoms with Crippen LogP contribution in [-0.4, -0.2) is 24.5 Å². The lowest BCUT2D eigenvalue weighted by Crippen LogP contribution is -2.47. The van der Waals surface area contributed by atoms with Crippen LogP contribution in [0.1, 0.15) is 45.4 Å². The van der Waals surface area contributed by atoms with Crippen molar-refractivity contribution in [1.82, 2.24) is 5.32 Å². The van der Waals surface area contributed by atoms with Crippen LogP contribution in [0.5, 0.6) is 0 Å². The fraction of sp³-hybridized carbons (Fsp3) is 0.611. The summed E-state index contributed by atoms with van der Waals surface area (Å²) < 4.78 is 13.2. The zero-order valence-corrected chi connectivity index (χ0v) is 14.9. The van der Waals surface area contributed by atoms with Crippen LogP contribution in [0.25, 0.3) is 0 Å². The van der Waals surface area contributed by atoms with Gasteiger partial charge in [-0.1, -0.05) is 43.7 Å². The van der Waals surface area contributed by atoms with Crippen LogP contribution in [0.4, 0.5) is 10.1 Å². The van der Waals surface area contributed by atoms with Gasteiger partial charge in [0.05, 0.1) is 16.8 Å². The number of carbonyl (C=O) groups is 1. The Bertz CT molecular complexity index is 549. The van der Waals surface area contributed by atoms with Gasteiger partial charge < -0.3 is 16.4 Å². The molecule has 0 spiro atoms. The van der Waals surface area contributed by atoms with E-state index >= 15 is 0 Å². The van der Waals surface area contributed by atoms with E-state index in [0.717, 1.165) is 6.42 Å². The molecule has 2 atom stereocenters. The highest BCUT2D eigenvalue weighted by Crippen LogP contribution is 2.27. The molecule has 1 fully saturated rings. The molecule has 0 saturated heterocycles. The van der Waals surface area contributed by atoms with Gasteiger partial charge in [-0.2, -0.15) is 0 Å². The van der Waals surface area contributed by atoms with Crippen molar-refractivity contribution in [1.29, 1.82) is 0 Å².